The molecule has 1 fully saturated rings. The highest BCUT2D eigenvalue weighted by molar-refractivity contribution is 5.70. The molecule has 1 aliphatic rings. The summed E-state index contributed by atoms with van der Waals surface area (Å²) in [5, 5.41) is 0. The van der Waals surface area contributed by atoms with E-state index in [1.165, 1.54) is 10.8 Å². The minimum absolute atomic E-state index is 0.0594. The highest BCUT2D eigenvalue weighted by Gasteiger charge is 2.34. The number of nitrogens with zero attached hydrogens (tertiary/aromatic N) is 2. The van der Waals surface area contributed by atoms with Crippen LogP contribution < -0.4 is 11.2 Å². The standard InChI is InChI=1S/C17H26N2O5/c1-7-12-10(2)8-13(23-12)18-9-11(3)14(20)19(15(18)21)16(22)24-17(4,5)6/h9-10,12-13H,7-8H2,1-6H3/t10?,12-,13-/m1/s1. The van der Waals surface area contributed by atoms with Crippen LogP contribution in [-0.2, 0) is 9.47 Å². The number of carbonyl (C=O) groups is 1. The maximum Gasteiger partial charge on any atom is 0.425 e. The van der Waals surface area contributed by atoms with Gasteiger partial charge < -0.3 is 9.47 Å². The summed E-state index contributed by atoms with van der Waals surface area (Å²) in [7, 11) is 0. The number of rotatable bonds is 2. The van der Waals surface area contributed by atoms with Gasteiger partial charge >= 0.3 is 11.8 Å². The summed E-state index contributed by atoms with van der Waals surface area (Å²) in [4.78, 5) is 37.3. The summed E-state index contributed by atoms with van der Waals surface area (Å²) < 4.78 is 13.0. The fraction of sp³-hybridized carbons (Fsp3) is 0.706. The van der Waals surface area contributed by atoms with Crippen molar-refractivity contribution >= 4 is 6.09 Å². The molecule has 2 heterocycles. The van der Waals surface area contributed by atoms with Gasteiger partial charge in [-0.25, -0.2) is 9.59 Å². The summed E-state index contributed by atoms with van der Waals surface area (Å²) >= 11 is 0. The molecule has 0 bridgehead atoms. The number of hydrogen-bond donors (Lipinski definition) is 0. The fourth-order valence-electron chi connectivity index (χ4n) is 2.91. The topological polar surface area (TPSA) is 79.5 Å². The van der Waals surface area contributed by atoms with Gasteiger partial charge in [-0.2, -0.15) is 4.57 Å². The molecule has 0 radical (unpaired) electrons. The Kier molecular flexibility index (Phi) is 5.03. The van der Waals surface area contributed by atoms with Crippen LogP contribution in [0.1, 0.15) is 59.3 Å². The highest BCUT2D eigenvalue weighted by Crippen LogP contribution is 2.33. The van der Waals surface area contributed by atoms with Crippen molar-refractivity contribution in [3.05, 3.63) is 32.6 Å². The van der Waals surface area contributed by atoms with Gasteiger partial charge in [-0.15, -0.1) is 0 Å². The van der Waals surface area contributed by atoms with Crippen molar-refractivity contribution in [1.29, 1.82) is 0 Å². The van der Waals surface area contributed by atoms with Crippen molar-refractivity contribution in [3.8, 4) is 0 Å². The van der Waals surface area contributed by atoms with Crippen LogP contribution in [0.2, 0.25) is 0 Å². The van der Waals surface area contributed by atoms with Gasteiger partial charge in [0.2, 0.25) is 0 Å². The van der Waals surface area contributed by atoms with Gasteiger partial charge in [-0.05, 0) is 46.5 Å². The smallest absolute Gasteiger partial charge is 0.425 e. The quantitative estimate of drug-likeness (QED) is 0.827. The minimum Gasteiger partial charge on any atom is -0.443 e. The molecule has 1 unspecified atom stereocenters. The molecule has 0 aromatic carbocycles. The maximum absolute atomic E-state index is 12.7. The second-order valence-electron chi connectivity index (χ2n) is 7.37. The molecular weight excluding hydrogens is 312 g/mol. The number of carbonyl (C=O) groups excluding carboxylic acids is 1. The SMILES string of the molecule is CC[C@H]1O[C@@H](n2cc(C)c(=O)n(C(=O)OC(C)(C)C)c2=O)CC1C. The van der Waals surface area contributed by atoms with Crippen LogP contribution in [0.4, 0.5) is 4.79 Å². The van der Waals surface area contributed by atoms with Crippen LogP contribution >= 0.6 is 0 Å². The summed E-state index contributed by atoms with van der Waals surface area (Å²) in [5.74, 6) is 0.300. The summed E-state index contributed by atoms with van der Waals surface area (Å²) in [5.41, 5.74) is -1.91. The molecule has 1 aromatic heterocycles. The Morgan fingerprint density at radius 3 is 2.50 bits per heavy atom. The van der Waals surface area contributed by atoms with E-state index in [0.717, 1.165) is 6.42 Å². The van der Waals surface area contributed by atoms with Gasteiger partial charge in [0.05, 0.1) is 6.10 Å². The van der Waals surface area contributed by atoms with E-state index in [9.17, 15) is 14.4 Å². The molecule has 0 amide bonds. The third-order valence-corrected chi connectivity index (χ3v) is 4.11. The van der Waals surface area contributed by atoms with Crippen molar-refractivity contribution in [1.82, 2.24) is 9.13 Å². The molecule has 1 saturated heterocycles. The maximum atomic E-state index is 12.7. The second-order valence-corrected chi connectivity index (χ2v) is 7.37. The first-order chi connectivity index (χ1) is 11.0. The van der Waals surface area contributed by atoms with Crippen molar-refractivity contribution in [2.45, 2.75) is 72.3 Å². The number of ether oxygens (including phenoxy) is 2. The van der Waals surface area contributed by atoms with Crippen LogP contribution in [0.15, 0.2) is 15.8 Å². The number of aromatic nitrogens is 2. The lowest BCUT2D eigenvalue weighted by molar-refractivity contribution is -0.00873. The average molecular weight is 338 g/mol. The summed E-state index contributed by atoms with van der Waals surface area (Å²) in [6.07, 6.45) is 1.57. The molecule has 1 aliphatic heterocycles. The van der Waals surface area contributed by atoms with E-state index in [2.05, 4.69) is 6.92 Å². The Labute approximate surface area is 141 Å². The molecule has 0 aliphatic carbocycles. The van der Waals surface area contributed by atoms with E-state index in [0.29, 0.717) is 16.9 Å². The second kappa shape index (κ2) is 6.55. The normalized spacial score (nSPS) is 24.2. The summed E-state index contributed by atoms with van der Waals surface area (Å²) in [6, 6.07) is 0. The third kappa shape index (κ3) is 3.61. The minimum atomic E-state index is -0.965. The highest BCUT2D eigenvalue weighted by atomic mass is 16.6. The monoisotopic (exact) mass is 338 g/mol. The molecule has 1 aromatic rings. The molecule has 7 heteroatoms. The average Bonchev–Trinajstić information content (AvgIpc) is 2.82. The van der Waals surface area contributed by atoms with Crippen molar-refractivity contribution in [2.75, 3.05) is 0 Å². The summed E-state index contributed by atoms with van der Waals surface area (Å²) in [6.45, 7) is 10.7. The molecule has 0 saturated carbocycles. The van der Waals surface area contributed by atoms with Gasteiger partial charge in [0.15, 0.2) is 0 Å². The van der Waals surface area contributed by atoms with E-state index in [-0.39, 0.29) is 11.7 Å². The third-order valence-electron chi connectivity index (χ3n) is 4.11. The van der Waals surface area contributed by atoms with Crippen LogP contribution in [0.5, 0.6) is 0 Å². The zero-order valence-corrected chi connectivity index (χ0v) is 15.2. The number of hydrogen-bond acceptors (Lipinski definition) is 5. The van der Waals surface area contributed by atoms with E-state index >= 15 is 0 Å². The zero-order chi connectivity index (χ0) is 18.2. The Morgan fingerprint density at radius 2 is 2.00 bits per heavy atom. The molecule has 3 atom stereocenters. The lowest BCUT2D eigenvalue weighted by atomic mass is 10.0. The predicted octanol–water partition coefficient (Wildman–Crippen LogP) is 2.44. The van der Waals surface area contributed by atoms with E-state index in [1.807, 2.05) is 6.92 Å². The van der Waals surface area contributed by atoms with Crippen LogP contribution in [-0.4, -0.2) is 26.9 Å². The first-order valence-corrected chi connectivity index (χ1v) is 8.28. The van der Waals surface area contributed by atoms with E-state index < -0.39 is 29.2 Å². The first-order valence-electron chi connectivity index (χ1n) is 8.28. The molecule has 134 valence electrons. The van der Waals surface area contributed by atoms with Gasteiger partial charge in [0.1, 0.15) is 11.8 Å². The van der Waals surface area contributed by atoms with E-state index in [4.69, 9.17) is 9.47 Å². The molecular formula is C17H26N2O5. The zero-order valence-electron chi connectivity index (χ0n) is 15.2. The van der Waals surface area contributed by atoms with Crippen LogP contribution in [0.3, 0.4) is 0 Å². The van der Waals surface area contributed by atoms with Gasteiger partial charge in [-0.3, -0.25) is 9.36 Å². The Bertz CT molecular complexity index is 741. The van der Waals surface area contributed by atoms with Gasteiger partial charge in [0.25, 0.3) is 5.56 Å². The fourth-order valence-corrected chi connectivity index (χ4v) is 2.91. The lowest BCUT2D eigenvalue weighted by Gasteiger charge is -2.21. The van der Waals surface area contributed by atoms with Gasteiger partial charge in [-0.1, -0.05) is 13.8 Å². The molecule has 0 N–H and O–H groups in total. The Hall–Kier alpha value is -1.89. The molecule has 2 rings (SSSR count). The predicted molar refractivity (Wildman–Crippen MR) is 89.3 cm³/mol. The molecule has 7 nitrogen and oxygen atoms in total. The van der Waals surface area contributed by atoms with Crippen molar-refractivity contribution < 1.29 is 14.3 Å². The largest absolute Gasteiger partial charge is 0.443 e. The molecule has 0 spiro atoms. The Morgan fingerprint density at radius 1 is 1.38 bits per heavy atom. The van der Waals surface area contributed by atoms with Crippen LogP contribution in [0.25, 0.3) is 0 Å². The van der Waals surface area contributed by atoms with E-state index in [1.54, 1.807) is 27.7 Å². The van der Waals surface area contributed by atoms with Crippen molar-refractivity contribution in [2.24, 2.45) is 5.92 Å². The Balaban J connectivity index is 2.48. The molecule has 24 heavy (non-hydrogen) atoms. The number of aryl methyl sites for hydroxylation is 1. The van der Waals surface area contributed by atoms with Crippen LogP contribution in [0, 0.1) is 12.8 Å². The van der Waals surface area contributed by atoms with Crippen molar-refractivity contribution in [3.63, 3.8) is 0 Å². The first kappa shape index (κ1) is 18.4. The van der Waals surface area contributed by atoms with Gasteiger partial charge in [0, 0.05) is 11.8 Å². The lowest BCUT2D eigenvalue weighted by Crippen LogP contribution is -2.47.